The summed E-state index contributed by atoms with van der Waals surface area (Å²) in [5.41, 5.74) is 6.97. The molecular weight excluding hydrogens is 254 g/mol. The van der Waals surface area contributed by atoms with Gasteiger partial charge in [0.15, 0.2) is 5.84 Å². The molecule has 18 heavy (non-hydrogen) atoms. The average molecular weight is 272 g/mol. The van der Waals surface area contributed by atoms with E-state index in [2.05, 4.69) is 10.5 Å². The largest absolute Gasteiger partial charge is 0.409 e. The van der Waals surface area contributed by atoms with Gasteiger partial charge in [-0.1, -0.05) is 35.8 Å². The fourth-order valence-corrected chi connectivity index (χ4v) is 1.67. The first-order valence-corrected chi connectivity index (χ1v) is 6.04. The second kappa shape index (κ2) is 7.20. The number of benzene rings is 1. The SMILES string of the molecule is CC(CO)CNCc1ccc(/C(N)=N/O)cc1Cl. The van der Waals surface area contributed by atoms with Gasteiger partial charge in [0.1, 0.15) is 0 Å². The van der Waals surface area contributed by atoms with Gasteiger partial charge in [0, 0.05) is 30.3 Å². The van der Waals surface area contributed by atoms with Crippen LogP contribution in [0.15, 0.2) is 23.4 Å². The summed E-state index contributed by atoms with van der Waals surface area (Å²) in [5.74, 6) is 0.241. The van der Waals surface area contributed by atoms with Gasteiger partial charge in [0.2, 0.25) is 0 Å². The number of nitrogens with zero attached hydrogens (tertiary/aromatic N) is 1. The van der Waals surface area contributed by atoms with Gasteiger partial charge < -0.3 is 21.4 Å². The van der Waals surface area contributed by atoms with Crippen molar-refractivity contribution in [2.45, 2.75) is 13.5 Å². The van der Waals surface area contributed by atoms with Crippen LogP contribution >= 0.6 is 11.6 Å². The van der Waals surface area contributed by atoms with Gasteiger partial charge in [-0.15, -0.1) is 0 Å². The minimum Gasteiger partial charge on any atom is -0.409 e. The summed E-state index contributed by atoms with van der Waals surface area (Å²) in [6.45, 7) is 3.44. The summed E-state index contributed by atoms with van der Waals surface area (Å²) < 4.78 is 0. The number of nitrogens with one attached hydrogen (secondary N) is 1. The number of halogens is 1. The molecule has 1 rings (SSSR count). The van der Waals surface area contributed by atoms with Crippen LogP contribution in [-0.4, -0.2) is 29.3 Å². The Morgan fingerprint density at radius 3 is 2.83 bits per heavy atom. The fourth-order valence-electron chi connectivity index (χ4n) is 1.43. The summed E-state index contributed by atoms with van der Waals surface area (Å²) in [6, 6.07) is 5.23. The number of amidine groups is 1. The molecule has 0 spiro atoms. The van der Waals surface area contributed by atoms with Gasteiger partial charge in [-0.25, -0.2) is 0 Å². The molecule has 0 saturated heterocycles. The smallest absolute Gasteiger partial charge is 0.170 e. The van der Waals surface area contributed by atoms with E-state index in [9.17, 15) is 0 Å². The van der Waals surface area contributed by atoms with Crippen molar-refractivity contribution in [2.75, 3.05) is 13.2 Å². The van der Waals surface area contributed by atoms with Crippen molar-refractivity contribution in [1.29, 1.82) is 0 Å². The Bertz CT molecular complexity index is 424. The molecule has 0 aliphatic carbocycles. The molecule has 0 aliphatic heterocycles. The molecule has 0 amide bonds. The number of oxime groups is 1. The maximum Gasteiger partial charge on any atom is 0.170 e. The van der Waals surface area contributed by atoms with E-state index in [0.29, 0.717) is 17.1 Å². The number of aliphatic hydroxyl groups excluding tert-OH is 1. The Labute approximate surface area is 111 Å². The van der Waals surface area contributed by atoms with Crippen molar-refractivity contribution in [3.05, 3.63) is 34.3 Å². The summed E-state index contributed by atoms with van der Waals surface area (Å²) >= 11 is 6.10. The standard InChI is InChI=1S/C12H18ClN3O2/c1-8(7-17)5-15-6-10-3-2-9(4-11(10)13)12(14)16-18/h2-4,8,15,17-18H,5-7H2,1H3,(H2,14,16). The molecule has 0 bridgehead atoms. The summed E-state index contributed by atoms with van der Waals surface area (Å²) in [5, 5.41) is 24.1. The summed E-state index contributed by atoms with van der Waals surface area (Å²) in [6.07, 6.45) is 0. The molecule has 6 heteroatoms. The van der Waals surface area contributed by atoms with Crippen molar-refractivity contribution < 1.29 is 10.3 Å². The highest BCUT2D eigenvalue weighted by atomic mass is 35.5. The molecule has 1 aromatic rings. The van der Waals surface area contributed by atoms with Crippen molar-refractivity contribution >= 4 is 17.4 Å². The monoisotopic (exact) mass is 271 g/mol. The summed E-state index contributed by atoms with van der Waals surface area (Å²) in [7, 11) is 0. The normalized spacial score (nSPS) is 13.6. The highest BCUT2D eigenvalue weighted by Crippen LogP contribution is 2.17. The molecule has 0 aromatic heterocycles. The molecule has 0 aliphatic rings. The lowest BCUT2D eigenvalue weighted by Gasteiger charge is -2.11. The molecule has 0 radical (unpaired) electrons. The van der Waals surface area contributed by atoms with Crippen molar-refractivity contribution in [3.63, 3.8) is 0 Å². The van der Waals surface area contributed by atoms with E-state index in [1.54, 1.807) is 12.1 Å². The molecule has 1 aromatic carbocycles. The van der Waals surface area contributed by atoms with Gasteiger partial charge in [0.25, 0.3) is 0 Å². The Balaban J connectivity index is 2.63. The van der Waals surface area contributed by atoms with E-state index in [1.807, 2.05) is 13.0 Å². The van der Waals surface area contributed by atoms with Crippen LogP contribution in [0, 0.1) is 5.92 Å². The fraction of sp³-hybridized carbons (Fsp3) is 0.417. The summed E-state index contributed by atoms with van der Waals surface area (Å²) in [4.78, 5) is 0. The topological polar surface area (TPSA) is 90.9 Å². The van der Waals surface area contributed by atoms with Crippen LogP contribution in [0.3, 0.4) is 0 Å². The highest BCUT2D eigenvalue weighted by Gasteiger charge is 2.05. The van der Waals surface area contributed by atoms with E-state index < -0.39 is 0 Å². The van der Waals surface area contributed by atoms with Gasteiger partial charge in [-0.05, 0) is 17.5 Å². The average Bonchev–Trinajstić information content (AvgIpc) is 2.39. The molecular formula is C12H18ClN3O2. The van der Waals surface area contributed by atoms with Crippen LogP contribution in [-0.2, 0) is 6.54 Å². The Kier molecular flexibility index (Phi) is 5.91. The van der Waals surface area contributed by atoms with Gasteiger partial charge in [0.05, 0.1) is 0 Å². The number of hydrogen-bond acceptors (Lipinski definition) is 4. The zero-order valence-electron chi connectivity index (χ0n) is 10.2. The van der Waals surface area contributed by atoms with Crippen LogP contribution in [0.25, 0.3) is 0 Å². The predicted octanol–water partition coefficient (Wildman–Crippen LogP) is 1.15. The van der Waals surface area contributed by atoms with E-state index in [0.717, 1.165) is 12.1 Å². The Hall–Kier alpha value is -1.30. The minimum atomic E-state index is 0.0327. The highest BCUT2D eigenvalue weighted by molar-refractivity contribution is 6.31. The van der Waals surface area contributed by atoms with Crippen LogP contribution in [0.4, 0.5) is 0 Å². The van der Waals surface area contributed by atoms with Crippen molar-refractivity contribution in [1.82, 2.24) is 5.32 Å². The molecule has 0 fully saturated rings. The first kappa shape index (κ1) is 14.8. The zero-order chi connectivity index (χ0) is 13.5. The maximum atomic E-state index is 8.89. The third kappa shape index (κ3) is 4.18. The van der Waals surface area contributed by atoms with Crippen LogP contribution in [0.1, 0.15) is 18.1 Å². The third-order valence-electron chi connectivity index (χ3n) is 2.58. The molecule has 1 unspecified atom stereocenters. The van der Waals surface area contributed by atoms with Crippen LogP contribution in [0.5, 0.6) is 0 Å². The molecule has 5 nitrogen and oxygen atoms in total. The lowest BCUT2D eigenvalue weighted by Crippen LogP contribution is -2.23. The lowest BCUT2D eigenvalue weighted by molar-refractivity contribution is 0.233. The third-order valence-corrected chi connectivity index (χ3v) is 2.93. The second-order valence-electron chi connectivity index (χ2n) is 4.21. The Morgan fingerprint density at radius 2 is 2.28 bits per heavy atom. The van der Waals surface area contributed by atoms with Crippen LogP contribution < -0.4 is 11.1 Å². The minimum absolute atomic E-state index is 0.0327. The Morgan fingerprint density at radius 1 is 1.56 bits per heavy atom. The molecule has 0 heterocycles. The van der Waals surface area contributed by atoms with Crippen molar-refractivity contribution in [2.24, 2.45) is 16.8 Å². The quantitative estimate of drug-likeness (QED) is 0.270. The molecule has 5 N–H and O–H groups in total. The van der Waals surface area contributed by atoms with Crippen molar-refractivity contribution in [3.8, 4) is 0 Å². The first-order chi connectivity index (χ1) is 8.58. The van der Waals surface area contributed by atoms with Crippen LogP contribution in [0.2, 0.25) is 5.02 Å². The van der Waals surface area contributed by atoms with Gasteiger partial charge in [-0.3, -0.25) is 0 Å². The van der Waals surface area contributed by atoms with E-state index in [-0.39, 0.29) is 18.4 Å². The van der Waals surface area contributed by atoms with E-state index in [1.165, 1.54) is 0 Å². The lowest BCUT2D eigenvalue weighted by atomic mass is 10.1. The van der Waals surface area contributed by atoms with Gasteiger partial charge in [-0.2, -0.15) is 0 Å². The number of nitrogens with two attached hydrogens (primary N) is 1. The molecule has 100 valence electrons. The zero-order valence-corrected chi connectivity index (χ0v) is 11.0. The van der Waals surface area contributed by atoms with E-state index >= 15 is 0 Å². The molecule has 0 saturated carbocycles. The van der Waals surface area contributed by atoms with E-state index in [4.69, 9.17) is 27.6 Å². The second-order valence-corrected chi connectivity index (χ2v) is 4.62. The van der Waals surface area contributed by atoms with Gasteiger partial charge >= 0.3 is 0 Å². The number of hydrogen-bond donors (Lipinski definition) is 4. The first-order valence-electron chi connectivity index (χ1n) is 5.66. The molecule has 1 atom stereocenters. The number of aliphatic hydroxyl groups is 1. The maximum absolute atomic E-state index is 8.89. The number of rotatable bonds is 6. The predicted molar refractivity (Wildman–Crippen MR) is 71.9 cm³/mol.